The molecule has 0 radical (unpaired) electrons. The zero-order chi connectivity index (χ0) is 10.6. The highest BCUT2D eigenvalue weighted by Gasteiger charge is 2.25. The average Bonchev–Trinajstić information content (AvgIpc) is 2.49. The lowest BCUT2D eigenvalue weighted by molar-refractivity contribution is 0.543. The van der Waals surface area contributed by atoms with E-state index in [1.54, 1.807) is 0 Å². The Morgan fingerprint density at radius 3 is 2.79 bits per heavy atom. The van der Waals surface area contributed by atoms with Gasteiger partial charge in [-0.25, -0.2) is 13.6 Å². The Morgan fingerprint density at radius 1 is 1.50 bits per heavy atom. The minimum absolute atomic E-state index is 0.0323. The van der Waals surface area contributed by atoms with Crippen LogP contribution in [0.25, 0.3) is 0 Å². The fourth-order valence-electron chi connectivity index (χ4n) is 1.83. The van der Waals surface area contributed by atoms with Gasteiger partial charge in [-0.15, -0.1) is 0 Å². The summed E-state index contributed by atoms with van der Waals surface area (Å²) in [6, 6.07) is 0.465. The Kier molecular flexibility index (Phi) is 4.69. The van der Waals surface area contributed by atoms with Crippen molar-refractivity contribution in [1.82, 2.24) is 5.32 Å². The van der Waals surface area contributed by atoms with Crippen molar-refractivity contribution >= 4 is 21.8 Å². The number of thioether (sulfide) groups is 1. The van der Waals surface area contributed by atoms with Crippen molar-refractivity contribution < 1.29 is 8.42 Å². The Hall–Kier alpha value is 0.220. The predicted octanol–water partition coefficient (Wildman–Crippen LogP) is 0.149. The topological polar surface area (TPSA) is 72.2 Å². The molecule has 1 rings (SSSR count). The third kappa shape index (κ3) is 4.16. The Labute approximate surface area is 90.1 Å². The molecule has 3 N–H and O–H groups in total. The molecule has 1 aliphatic carbocycles. The molecule has 2 atom stereocenters. The van der Waals surface area contributed by atoms with Crippen LogP contribution in [0.15, 0.2) is 0 Å². The molecule has 0 spiro atoms. The number of primary sulfonamides is 1. The van der Waals surface area contributed by atoms with Gasteiger partial charge < -0.3 is 5.32 Å². The number of nitrogens with two attached hydrogens (primary N) is 1. The molecular formula is C8H18N2O2S2. The minimum atomic E-state index is -3.31. The zero-order valence-electron chi connectivity index (χ0n) is 8.40. The maximum atomic E-state index is 10.7. The van der Waals surface area contributed by atoms with Crippen LogP contribution < -0.4 is 10.5 Å². The second-order valence-corrected chi connectivity index (χ2v) is 6.44. The molecule has 0 aliphatic heterocycles. The minimum Gasteiger partial charge on any atom is -0.312 e. The summed E-state index contributed by atoms with van der Waals surface area (Å²) >= 11 is 1.86. The van der Waals surface area contributed by atoms with Crippen molar-refractivity contribution in [2.75, 3.05) is 18.6 Å². The summed E-state index contributed by atoms with van der Waals surface area (Å²) < 4.78 is 21.4. The molecular weight excluding hydrogens is 220 g/mol. The summed E-state index contributed by atoms with van der Waals surface area (Å²) in [5, 5.41) is 8.81. The number of nitrogens with one attached hydrogen (secondary N) is 1. The Balaban J connectivity index is 2.24. The predicted molar refractivity (Wildman–Crippen MR) is 60.9 cm³/mol. The Morgan fingerprint density at radius 2 is 2.21 bits per heavy atom. The fourth-order valence-corrected chi connectivity index (χ4v) is 3.19. The van der Waals surface area contributed by atoms with E-state index in [2.05, 4.69) is 11.6 Å². The molecule has 0 aromatic carbocycles. The highest BCUT2D eigenvalue weighted by molar-refractivity contribution is 7.99. The zero-order valence-corrected chi connectivity index (χ0v) is 10.0. The van der Waals surface area contributed by atoms with Crippen molar-refractivity contribution in [3.05, 3.63) is 0 Å². The third-order valence-corrected chi connectivity index (χ3v) is 4.49. The van der Waals surface area contributed by atoms with E-state index in [0.29, 0.717) is 17.8 Å². The molecule has 1 fully saturated rings. The number of sulfonamides is 1. The quantitative estimate of drug-likeness (QED) is 0.715. The van der Waals surface area contributed by atoms with E-state index in [1.165, 1.54) is 12.8 Å². The van der Waals surface area contributed by atoms with Gasteiger partial charge in [0.1, 0.15) is 0 Å². The Bertz CT molecular complexity index is 267. The number of rotatable bonds is 5. The molecule has 0 aromatic rings. The third-order valence-electron chi connectivity index (χ3n) is 2.55. The van der Waals surface area contributed by atoms with E-state index in [0.717, 1.165) is 6.42 Å². The summed E-state index contributed by atoms with van der Waals surface area (Å²) in [5.74, 6) is 0.0323. The van der Waals surface area contributed by atoms with E-state index < -0.39 is 10.0 Å². The van der Waals surface area contributed by atoms with Crippen LogP contribution in [0.1, 0.15) is 19.3 Å². The summed E-state index contributed by atoms with van der Waals surface area (Å²) in [7, 11) is -3.31. The van der Waals surface area contributed by atoms with Crippen LogP contribution in [-0.2, 0) is 10.0 Å². The van der Waals surface area contributed by atoms with Gasteiger partial charge in [0.05, 0.1) is 5.75 Å². The van der Waals surface area contributed by atoms with E-state index >= 15 is 0 Å². The van der Waals surface area contributed by atoms with Gasteiger partial charge in [-0.05, 0) is 19.1 Å². The summed E-state index contributed by atoms with van der Waals surface area (Å²) in [4.78, 5) is 0. The fraction of sp³-hybridized carbons (Fsp3) is 1.00. The van der Waals surface area contributed by atoms with Gasteiger partial charge in [-0.2, -0.15) is 11.8 Å². The van der Waals surface area contributed by atoms with Gasteiger partial charge in [0, 0.05) is 17.8 Å². The molecule has 1 aliphatic rings. The first-order valence-corrected chi connectivity index (χ1v) is 7.80. The largest absolute Gasteiger partial charge is 0.312 e. The highest BCUT2D eigenvalue weighted by Crippen LogP contribution is 2.28. The van der Waals surface area contributed by atoms with Crippen LogP contribution in [0, 0.1) is 0 Å². The van der Waals surface area contributed by atoms with E-state index in [9.17, 15) is 8.42 Å². The lowest BCUT2D eigenvalue weighted by atomic mass is 10.2. The molecule has 0 saturated heterocycles. The van der Waals surface area contributed by atoms with Crippen molar-refractivity contribution in [3.63, 3.8) is 0 Å². The monoisotopic (exact) mass is 238 g/mol. The standard InChI is InChI=1S/C8H18N2O2S2/c1-13-8-4-2-3-7(8)10-5-6-14(9,11)12/h7-8,10H,2-6H2,1H3,(H2,9,11,12). The van der Waals surface area contributed by atoms with Crippen LogP contribution in [0.3, 0.4) is 0 Å². The van der Waals surface area contributed by atoms with Crippen LogP contribution in [0.5, 0.6) is 0 Å². The second-order valence-electron chi connectivity index (χ2n) is 3.63. The van der Waals surface area contributed by atoms with Crippen molar-refractivity contribution in [3.8, 4) is 0 Å². The van der Waals surface area contributed by atoms with Gasteiger partial charge >= 0.3 is 0 Å². The number of hydrogen-bond donors (Lipinski definition) is 2. The van der Waals surface area contributed by atoms with Crippen LogP contribution in [0.2, 0.25) is 0 Å². The molecule has 0 bridgehead atoms. The van der Waals surface area contributed by atoms with Gasteiger partial charge in [0.25, 0.3) is 0 Å². The molecule has 1 saturated carbocycles. The lowest BCUT2D eigenvalue weighted by Crippen LogP contribution is -2.38. The second kappa shape index (κ2) is 5.34. The maximum absolute atomic E-state index is 10.7. The normalized spacial score (nSPS) is 28.1. The smallest absolute Gasteiger partial charge is 0.210 e. The van der Waals surface area contributed by atoms with Gasteiger partial charge in [0.2, 0.25) is 10.0 Å². The van der Waals surface area contributed by atoms with Crippen molar-refractivity contribution in [2.24, 2.45) is 5.14 Å². The highest BCUT2D eigenvalue weighted by atomic mass is 32.2. The van der Waals surface area contributed by atoms with Gasteiger partial charge in [-0.1, -0.05) is 6.42 Å². The summed E-state index contributed by atoms with van der Waals surface area (Å²) in [6.07, 6.45) is 5.72. The molecule has 4 nitrogen and oxygen atoms in total. The SMILES string of the molecule is CSC1CCCC1NCCS(N)(=O)=O. The number of hydrogen-bond acceptors (Lipinski definition) is 4. The molecule has 2 unspecified atom stereocenters. The van der Waals surface area contributed by atoms with E-state index in [-0.39, 0.29) is 5.75 Å². The summed E-state index contributed by atoms with van der Waals surface area (Å²) in [6.45, 7) is 0.473. The van der Waals surface area contributed by atoms with Crippen molar-refractivity contribution in [1.29, 1.82) is 0 Å². The maximum Gasteiger partial charge on any atom is 0.210 e. The molecule has 6 heteroatoms. The van der Waals surface area contributed by atoms with Gasteiger partial charge in [0.15, 0.2) is 0 Å². The van der Waals surface area contributed by atoms with Crippen LogP contribution >= 0.6 is 11.8 Å². The van der Waals surface area contributed by atoms with Crippen LogP contribution in [0.4, 0.5) is 0 Å². The first-order chi connectivity index (χ1) is 6.53. The molecule has 84 valence electrons. The summed E-state index contributed by atoms with van der Waals surface area (Å²) in [5.41, 5.74) is 0. The average molecular weight is 238 g/mol. The molecule has 0 amide bonds. The van der Waals surface area contributed by atoms with Gasteiger partial charge in [-0.3, -0.25) is 0 Å². The molecule has 14 heavy (non-hydrogen) atoms. The van der Waals surface area contributed by atoms with Crippen molar-refractivity contribution in [2.45, 2.75) is 30.6 Å². The first kappa shape index (κ1) is 12.3. The first-order valence-electron chi connectivity index (χ1n) is 4.79. The van der Waals surface area contributed by atoms with Crippen LogP contribution in [-0.4, -0.2) is 38.3 Å². The lowest BCUT2D eigenvalue weighted by Gasteiger charge is -2.18. The van der Waals surface area contributed by atoms with E-state index in [1.807, 2.05) is 11.8 Å². The molecule has 0 heterocycles. The van der Waals surface area contributed by atoms with E-state index in [4.69, 9.17) is 5.14 Å². The molecule has 0 aromatic heterocycles.